The van der Waals surface area contributed by atoms with E-state index in [0.29, 0.717) is 5.82 Å². The maximum Gasteiger partial charge on any atom is 0.177 e. The molecule has 0 aliphatic carbocycles. The first-order chi connectivity index (χ1) is 16.1. The lowest BCUT2D eigenvalue weighted by Gasteiger charge is -2.38. The van der Waals surface area contributed by atoms with E-state index in [1.165, 1.54) is 0 Å². The van der Waals surface area contributed by atoms with E-state index in [1.54, 1.807) is 0 Å². The van der Waals surface area contributed by atoms with Crippen molar-refractivity contribution in [3.8, 4) is 0 Å². The molecule has 33 heavy (non-hydrogen) atoms. The molecule has 5 aromatic rings. The van der Waals surface area contributed by atoms with E-state index in [-0.39, 0.29) is 0 Å². The smallest absolute Gasteiger partial charge is 0.177 e. The van der Waals surface area contributed by atoms with E-state index in [0.717, 1.165) is 22.3 Å². The van der Waals surface area contributed by atoms with Gasteiger partial charge in [-0.3, -0.25) is 0 Å². The van der Waals surface area contributed by atoms with Gasteiger partial charge in [0.1, 0.15) is 11.1 Å². The van der Waals surface area contributed by atoms with Crippen LogP contribution in [0.3, 0.4) is 0 Å². The highest BCUT2D eigenvalue weighted by Crippen LogP contribution is 2.42. The van der Waals surface area contributed by atoms with Crippen LogP contribution in [0.25, 0.3) is 0 Å². The molecule has 2 N–H and O–H groups in total. The molecule has 1 aromatic heterocycles. The maximum absolute atomic E-state index is 6.97. The minimum atomic E-state index is -0.922. The van der Waals surface area contributed by atoms with Crippen LogP contribution in [0, 0.1) is 0 Å². The molecule has 0 aliphatic rings. The van der Waals surface area contributed by atoms with E-state index in [9.17, 15) is 0 Å². The highest BCUT2D eigenvalue weighted by Gasteiger charge is 2.44. The number of nitrogens with zero attached hydrogens (tertiary/aromatic N) is 4. The van der Waals surface area contributed by atoms with Gasteiger partial charge in [-0.2, -0.15) is 0 Å². The Bertz CT molecular complexity index is 1220. The third kappa shape index (κ3) is 3.43. The van der Waals surface area contributed by atoms with Gasteiger partial charge >= 0.3 is 0 Å². The minimum absolute atomic E-state index is 0.574. The molecular formula is C28H25N5. The molecule has 0 radical (unpaired) electrons. The summed E-state index contributed by atoms with van der Waals surface area (Å²) in [6.45, 7) is 1.95. The van der Waals surface area contributed by atoms with E-state index in [1.807, 2.05) is 96.5 Å². The quantitative estimate of drug-likeness (QED) is 0.395. The van der Waals surface area contributed by atoms with Gasteiger partial charge in [-0.25, -0.2) is 4.68 Å². The van der Waals surface area contributed by atoms with Gasteiger partial charge in [-0.1, -0.05) is 121 Å². The lowest BCUT2D eigenvalue weighted by Crippen LogP contribution is -2.45. The SMILES string of the molecule is C[C@](N)(c1ccccc1)c1nnnn1C(c1ccccc1)(c1ccccc1)c1ccccc1. The van der Waals surface area contributed by atoms with Crippen LogP contribution in [0.2, 0.25) is 0 Å². The van der Waals surface area contributed by atoms with Crippen molar-refractivity contribution in [3.63, 3.8) is 0 Å². The molecule has 4 aromatic carbocycles. The summed E-state index contributed by atoms with van der Waals surface area (Å²) in [4.78, 5) is 0. The molecule has 5 nitrogen and oxygen atoms in total. The van der Waals surface area contributed by atoms with Crippen LogP contribution < -0.4 is 5.73 Å². The Morgan fingerprint density at radius 1 is 0.576 bits per heavy atom. The summed E-state index contributed by atoms with van der Waals surface area (Å²) in [7, 11) is 0. The average Bonchev–Trinajstić information content (AvgIpc) is 3.38. The molecular weight excluding hydrogens is 406 g/mol. The predicted molar refractivity (Wildman–Crippen MR) is 130 cm³/mol. The second-order valence-corrected chi connectivity index (χ2v) is 8.29. The van der Waals surface area contributed by atoms with Crippen LogP contribution >= 0.6 is 0 Å². The van der Waals surface area contributed by atoms with Crippen LogP contribution in [-0.4, -0.2) is 20.2 Å². The summed E-state index contributed by atoms with van der Waals surface area (Å²) in [6, 6.07) is 40.9. The van der Waals surface area contributed by atoms with Crippen LogP contribution in [-0.2, 0) is 11.1 Å². The first-order valence-electron chi connectivity index (χ1n) is 11.0. The molecule has 5 rings (SSSR count). The number of aromatic nitrogens is 4. The Morgan fingerprint density at radius 3 is 1.33 bits per heavy atom. The van der Waals surface area contributed by atoms with Crippen molar-refractivity contribution in [1.82, 2.24) is 20.2 Å². The van der Waals surface area contributed by atoms with Crippen LogP contribution in [0.4, 0.5) is 0 Å². The zero-order valence-corrected chi connectivity index (χ0v) is 18.4. The number of rotatable bonds is 6. The summed E-state index contributed by atoms with van der Waals surface area (Å²) in [5.41, 5.74) is 9.29. The van der Waals surface area contributed by atoms with Gasteiger partial charge in [-0.15, -0.1) is 5.10 Å². The standard InChI is InChI=1S/C28H25N5/c1-27(29,22-14-6-2-7-15-22)26-30-31-32-33(26)28(23-16-8-3-9-17-23,24-18-10-4-11-19-24)25-20-12-5-13-21-25/h2-21H,29H2,1H3/t27-/m0/s1. The van der Waals surface area contributed by atoms with Gasteiger partial charge in [0.15, 0.2) is 5.82 Å². The summed E-state index contributed by atoms with van der Waals surface area (Å²) in [5, 5.41) is 13.2. The normalized spacial score (nSPS) is 13.4. The molecule has 0 amide bonds. The molecule has 0 fully saturated rings. The van der Waals surface area contributed by atoms with Crippen molar-refractivity contribution >= 4 is 0 Å². The number of tetrazole rings is 1. The summed E-state index contributed by atoms with van der Waals surface area (Å²) < 4.78 is 1.89. The topological polar surface area (TPSA) is 69.6 Å². The molecule has 1 heterocycles. The molecule has 0 bridgehead atoms. The molecule has 0 spiro atoms. The lowest BCUT2D eigenvalue weighted by molar-refractivity contribution is 0.395. The van der Waals surface area contributed by atoms with Gasteiger partial charge in [0.05, 0.1) is 0 Å². The fourth-order valence-electron chi connectivity index (χ4n) is 4.56. The predicted octanol–water partition coefficient (Wildman–Crippen LogP) is 4.74. The third-order valence-electron chi connectivity index (χ3n) is 6.20. The highest BCUT2D eigenvalue weighted by atomic mass is 15.6. The van der Waals surface area contributed by atoms with Crippen LogP contribution in [0.15, 0.2) is 121 Å². The summed E-state index contributed by atoms with van der Waals surface area (Å²) >= 11 is 0. The fraction of sp³-hybridized carbons (Fsp3) is 0.107. The summed E-state index contributed by atoms with van der Waals surface area (Å²) in [5.74, 6) is 0.574. The fourth-order valence-corrected chi connectivity index (χ4v) is 4.56. The molecule has 0 saturated heterocycles. The van der Waals surface area contributed by atoms with Crippen molar-refractivity contribution < 1.29 is 0 Å². The number of nitrogens with two attached hydrogens (primary N) is 1. The van der Waals surface area contributed by atoms with E-state index in [4.69, 9.17) is 5.73 Å². The van der Waals surface area contributed by atoms with Crippen molar-refractivity contribution in [2.75, 3.05) is 0 Å². The second kappa shape index (κ2) is 8.45. The van der Waals surface area contributed by atoms with Gasteiger partial charge in [0.2, 0.25) is 0 Å². The third-order valence-corrected chi connectivity index (χ3v) is 6.20. The Hall–Kier alpha value is -4.09. The monoisotopic (exact) mass is 431 g/mol. The Kier molecular flexibility index (Phi) is 5.32. The van der Waals surface area contributed by atoms with Gasteiger partial charge < -0.3 is 5.73 Å². The van der Waals surface area contributed by atoms with Crippen LogP contribution in [0.5, 0.6) is 0 Å². The number of hydrogen-bond acceptors (Lipinski definition) is 4. The number of hydrogen-bond donors (Lipinski definition) is 1. The first kappa shape index (κ1) is 20.8. The van der Waals surface area contributed by atoms with Gasteiger partial charge in [-0.05, 0) is 39.6 Å². The Labute approximate surface area is 193 Å². The van der Waals surface area contributed by atoms with Gasteiger partial charge in [0, 0.05) is 0 Å². The average molecular weight is 432 g/mol. The zero-order chi connectivity index (χ0) is 22.7. The zero-order valence-electron chi connectivity index (χ0n) is 18.4. The molecule has 5 heteroatoms. The second-order valence-electron chi connectivity index (χ2n) is 8.29. The molecule has 0 saturated carbocycles. The summed E-state index contributed by atoms with van der Waals surface area (Å²) in [6.07, 6.45) is 0. The van der Waals surface area contributed by atoms with Crippen molar-refractivity contribution in [2.45, 2.75) is 18.0 Å². The van der Waals surface area contributed by atoms with E-state index in [2.05, 4.69) is 51.9 Å². The Morgan fingerprint density at radius 2 is 0.939 bits per heavy atom. The largest absolute Gasteiger partial charge is 0.315 e. The van der Waals surface area contributed by atoms with Crippen LogP contribution in [0.1, 0.15) is 35.0 Å². The van der Waals surface area contributed by atoms with E-state index < -0.39 is 11.1 Å². The molecule has 0 aliphatic heterocycles. The maximum atomic E-state index is 6.97. The van der Waals surface area contributed by atoms with Crippen molar-refractivity contribution in [3.05, 3.63) is 149 Å². The minimum Gasteiger partial charge on any atom is -0.315 e. The van der Waals surface area contributed by atoms with E-state index >= 15 is 0 Å². The van der Waals surface area contributed by atoms with Crippen molar-refractivity contribution in [2.24, 2.45) is 5.73 Å². The van der Waals surface area contributed by atoms with Crippen molar-refractivity contribution in [1.29, 1.82) is 0 Å². The first-order valence-corrected chi connectivity index (χ1v) is 11.0. The molecule has 0 unspecified atom stereocenters. The Balaban J connectivity index is 1.88. The van der Waals surface area contributed by atoms with Gasteiger partial charge in [0.25, 0.3) is 0 Å². The highest BCUT2D eigenvalue weighted by molar-refractivity contribution is 5.51. The molecule has 162 valence electrons. The lowest BCUT2D eigenvalue weighted by atomic mass is 9.76. The number of benzene rings is 4. The molecule has 1 atom stereocenters.